The molecule has 3 nitrogen and oxygen atoms in total. The third kappa shape index (κ3) is 4.45. The standard InChI is InChI=1S/C18H29NO2/c1-13-7-8-14(2)16(10-13)21-12-15(20)11-19-17-6-5-9-18(17,3)4/h7-8,10,15,17,19-20H,5-6,9,11-12H2,1-4H3. The van der Waals surface area contributed by atoms with Gasteiger partial charge in [0.1, 0.15) is 18.5 Å². The van der Waals surface area contributed by atoms with E-state index in [9.17, 15) is 5.11 Å². The van der Waals surface area contributed by atoms with Gasteiger partial charge in [0.2, 0.25) is 0 Å². The topological polar surface area (TPSA) is 41.5 Å². The predicted octanol–water partition coefficient (Wildman–Crippen LogP) is 3.21. The van der Waals surface area contributed by atoms with Crippen LogP contribution < -0.4 is 10.1 Å². The van der Waals surface area contributed by atoms with Gasteiger partial charge in [-0.2, -0.15) is 0 Å². The molecule has 0 heterocycles. The van der Waals surface area contributed by atoms with E-state index in [1.807, 2.05) is 19.9 Å². The summed E-state index contributed by atoms with van der Waals surface area (Å²) in [6, 6.07) is 6.65. The van der Waals surface area contributed by atoms with Crippen molar-refractivity contribution in [3.63, 3.8) is 0 Å². The van der Waals surface area contributed by atoms with Crippen LogP contribution >= 0.6 is 0 Å². The molecule has 0 spiro atoms. The summed E-state index contributed by atoms with van der Waals surface area (Å²) in [5.41, 5.74) is 2.63. The minimum Gasteiger partial charge on any atom is -0.491 e. The number of aliphatic hydroxyl groups excluding tert-OH is 1. The molecule has 1 saturated carbocycles. The molecule has 2 rings (SSSR count). The summed E-state index contributed by atoms with van der Waals surface area (Å²) >= 11 is 0. The van der Waals surface area contributed by atoms with Crippen molar-refractivity contribution in [1.82, 2.24) is 5.32 Å². The number of hydrogen-bond acceptors (Lipinski definition) is 3. The predicted molar refractivity (Wildman–Crippen MR) is 86.8 cm³/mol. The number of aliphatic hydroxyl groups is 1. The zero-order valence-corrected chi connectivity index (χ0v) is 13.8. The van der Waals surface area contributed by atoms with E-state index in [0.29, 0.717) is 24.6 Å². The smallest absolute Gasteiger partial charge is 0.122 e. The van der Waals surface area contributed by atoms with E-state index in [1.165, 1.54) is 24.8 Å². The van der Waals surface area contributed by atoms with Crippen LogP contribution in [0.15, 0.2) is 18.2 Å². The van der Waals surface area contributed by atoms with Gasteiger partial charge in [-0.1, -0.05) is 32.4 Å². The summed E-state index contributed by atoms with van der Waals surface area (Å²) < 4.78 is 5.76. The molecule has 1 aliphatic rings. The van der Waals surface area contributed by atoms with Crippen molar-refractivity contribution in [2.45, 2.75) is 59.1 Å². The van der Waals surface area contributed by atoms with Crippen molar-refractivity contribution in [2.75, 3.05) is 13.2 Å². The van der Waals surface area contributed by atoms with Gasteiger partial charge in [-0.25, -0.2) is 0 Å². The minimum absolute atomic E-state index is 0.338. The first-order valence-corrected chi connectivity index (χ1v) is 8.00. The Hall–Kier alpha value is -1.06. The first-order chi connectivity index (χ1) is 9.88. The second-order valence-corrected chi connectivity index (χ2v) is 7.08. The van der Waals surface area contributed by atoms with Gasteiger partial charge in [0.25, 0.3) is 0 Å². The second-order valence-electron chi connectivity index (χ2n) is 7.08. The Balaban J connectivity index is 1.77. The number of nitrogens with one attached hydrogen (secondary N) is 1. The molecule has 21 heavy (non-hydrogen) atoms. The lowest BCUT2D eigenvalue weighted by molar-refractivity contribution is 0.0982. The van der Waals surface area contributed by atoms with Gasteiger partial charge in [0.15, 0.2) is 0 Å². The van der Waals surface area contributed by atoms with E-state index in [-0.39, 0.29) is 0 Å². The Morgan fingerprint density at radius 1 is 1.38 bits per heavy atom. The molecule has 0 aromatic heterocycles. The molecule has 1 fully saturated rings. The zero-order chi connectivity index (χ0) is 15.5. The monoisotopic (exact) mass is 291 g/mol. The summed E-state index contributed by atoms with van der Waals surface area (Å²) in [6.07, 6.45) is 3.28. The number of benzene rings is 1. The van der Waals surface area contributed by atoms with Crippen LogP contribution in [0.25, 0.3) is 0 Å². The van der Waals surface area contributed by atoms with Gasteiger partial charge >= 0.3 is 0 Å². The van der Waals surface area contributed by atoms with Gasteiger partial charge in [-0.15, -0.1) is 0 Å². The van der Waals surface area contributed by atoms with E-state index in [0.717, 1.165) is 11.3 Å². The Morgan fingerprint density at radius 2 is 2.14 bits per heavy atom. The Kier molecular flexibility index (Phi) is 5.28. The Labute approximate surface area is 128 Å². The van der Waals surface area contributed by atoms with E-state index >= 15 is 0 Å². The summed E-state index contributed by atoms with van der Waals surface area (Å²) in [5, 5.41) is 13.6. The molecule has 0 saturated heterocycles. The van der Waals surface area contributed by atoms with Crippen molar-refractivity contribution < 1.29 is 9.84 Å². The van der Waals surface area contributed by atoms with E-state index < -0.39 is 6.10 Å². The SMILES string of the molecule is Cc1ccc(C)c(OCC(O)CNC2CCCC2(C)C)c1. The molecule has 118 valence electrons. The molecule has 1 aliphatic carbocycles. The molecule has 0 aliphatic heterocycles. The number of hydrogen-bond donors (Lipinski definition) is 2. The fraction of sp³-hybridized carbons (Fsp3) is 0.667. The summed E-state index contributed by atoms with van der Waals surface area (Å²) in [4.78, 5) is 0. The molecule has 1 aromatic rings. The maximum Gasteiger partial charge on any atom is 0.122 e. The van der Waals surface area contributed by atoms with Crippen molar-refractivity contribution in [1.29, 1.82) is 0 Å². The Morgan fingerprint density at radius 3 is 2.81 bits per heavy atom. The molecule has 0 radical (unpaired) electrons. The number of aryl methyl sites for hydroxylation is 2. The molecule has 2 unspecified atom stereocenters. The van der Waals surface area contributed by atoms with Gasteiger partial charge in [-0.3, -0.25) is 0 Å². The minimum atomic E-state index is -0.471. The molecule has 0 bridgehead atoms. The third-order valence-corrected chi connectivity index (χ3v) is 4.63. The highest BCUT2D eigenvalue weighted by Gasteiger charge is 2.34. The lowest BCUT2D eigenvalue weighted by Gasteiger charge is -2.29. The summed E-state index contributed by atoms with van der Waals surface area (Å²) in [5.74, 6) is 0.871. The number of ether oxygens (including phenoxy) is 1. The van der Waals surface area contributed by atoms with Crippen LogP contribution in [0, 0.1) is 19.3 Å². The van der Waals surface area contributed by atoms with Crippen molar-refractivity contribution in [2.24, 2.45) is 5.41 Å². The fourth-order valence-electron chi connectivity index (χ4n) is 3.09. The van der Waals surface area contributed by atoms with Crippen LogP contribution in [-0.2, 0) is 0 Å². The molecule has 1 aromatic carbocycles. The van der Waals surface area contributed by atoms with Crippen LogP contribution in [0.4, 0.5) is 0 Å². The van der Waals surface area contributed by atoms with Crippen LogP contribution in [0.1, 0.15) is 44.2 Å². The van der Waals surface area contributed by atoms with Crippen LogP contribution in [-0.4, -0.2) is 30.4 Å². The van der Waals surface area contributed by atoms with E-state index in [1.54, 1.807) is 0 Å². The van der Waals surface area contributed by atoms with Crippen LogP contribution in [0.2, 0.25) is 0 Å². The quantitative estimate of drug-likeness (QED) is 0.845. The lowest BCUT2D eigenvalue weighted by Crippen LogP contribution is -2.43. The third-order valence-electron chi connectivity index (χ3n) is 4.63. The highest BCUT2D eigenvalue weighted by atomic mass is 16.5. The largest absolute Gasteiger partial charge is 0.491 e. The first kappa shape index (κ1) is 16.3. The normalized spacial score (nSPS) is 22.2. The maximum atomic E-state index is 10.1. The van der Waals surface area contributed by atoms with Gasteiger partial charge in [0, 0.05) is 12.6 Å². The van der Waals surface area contributed by atoms with Crippen LogP contribution in [0.5, 0.6) is 5.75 Å². The number of rotatable bonds is 6. The Bertz CT molecular complexity index is 470. The average molecular weight is 291 g/mol. The summed E-state index contributed by atoms with van der Waals surface area (Å²) in [7, 11) is 0. The van der Waals surface area contributed by atoms with Gasteiger partial charge in [0.05, 0.1) is 0 Å². The van der Waals surface area contributed by atoms with E-state index in [2.05, 4.69) is 31.3 Å². The second kappa shape index (κ2) is 6.80. The summed E-state index contributed by atoms with van der Waals surface area (Å²) in [6.45, 7) is 9.61. The average Bonchev–Trinajstić information content (AvgIpc) is 2.76. The fourth-order valence-corrected chi connectivity index (χ4v) is 3.09. The van der Waals surface area contributed by atoms with Crippen molar-refractivity contribution >= 4 is 0 Å². The van der Waals surface area contributed by atoms with Crippen molar-refractivity contribution in [3.8, 4) is 5.75 Å². The molecular formula is C18H29NO2. The molecule has 2 atom stereocenters. The highest BCUT2D eigenvalue weighted by Crippen LogP contribution is 2.37. The molecule has 2 N–H and O–H groups in total. The van der Waals surface area contributed by atoms with Gasteiger partial charge < -0.3 is 15.2 Å². The molecular weight excluding hydrogens is 262 g/mol. The maximum absolute atomic E-state index is 10.1. The first-order valence-electron chi connectivity index (χ1n) is 8.00. The van der Waals surface area contributed by atoms with E-state index in [4.69, 9.17) is 4.74 Å². The van der Waals surface area contributed by atoms with Crippen LogP contribution in [0.3, 0.4) is 0 Å². The molecule has 0 amide bonds. The zero-order valence-electron chi connectivity index (χ0n) is 13.8. The molecule has 3 heteroatoms. The van der Waals surface area contributed by atoms with Crippen molar-refractivity contribution in [3.05, 3.63) is 29.3 Å². The van der Waals surface area contributed by atoms with Gasteiger partial charge in [-0.05, 0) is 49.3 Å². The lowest BCUT2D eigenvalue weighted by atomic mass is 9.87. The highest BCUT2D eigenvalue weighted by molar-refractivity contribution is 5.35.